The number of likely N-dealkylation sites (N-methyl/N-ethyl adjacent to an activating group) is 1. The molecule has 0 spiro atoms. The number of amides is 1. The minimum atomic E-state index is 0.176. The Labute approximate surface area is 65.5 Å². The zero-order valence-corrected chi connectivity index (χ0v) is 6.74. The maximum absolute atomic E-state index is 11.2. The highest BCUT2D eigenvalue weighted by Crippen LogP contribution is 2.16. The van der Waals surface area contributed by atoms with Crippen LogP contribution in [0.5, 0.6) is 0 Å². The van der Waals surface area contributed by atoms with Gasteiger partial charge in [0.2, 0.25) is 11.9 Å². The summed E-state index contributed by atoms with van der Waals surface area (Å²) in [6.07, 6.45) is 0. The summed E-state index contributed by atoms with van der Waals surface area (Å²) in [7, 11) is 1.90. The third-order valence-corrected chi connectivity index (χ3v) is 2.04. The van der Waals surface area contributed by atoms with E-state index in [1.165, 1.54) is 0 Å². The van der Waals surface area contributed by atoms with Crippen LogP contribution in [-0.4, -0.2) is 47.8 Å². The molecule has 60 valence electrons. The first kappa shape index (κ1) is 6.64. The third kappa shape index (κ3) is 0.818. The number of carbonyl (C=O) groups is 1. The molecule has 0 aromatic carbocycles. The monoisotopic (exact) mass is 153 g/mol. The van der Waals surface area contributed by atoms with E-state index < -0.39 is 0 Å². The predicted molar refractivity (Wildman–Crippen MR) is 41.2 cm³/mol. The normalized spacial score (nSPS) is 29.5. The lowest BCUT2D eigenvalue weighted by atomic mass is 10.3. The maximum Gasteiger partial charge on any atom is 0.248 e. The summed E-state index contributed by atoms with van der Waals surface area (Å²) in [5.74, 6) is 1.03. The van der Waals surface area contributed by atoms with Crippen molar-refractivity contribution in [3.63, 3.8) is 0 Å². The second-order valence-electron chi connectivity index (χ2n) is 3.14. The molecule has 0 radical (unpaired) electrons. The van der Waals surface area contributed by atoms with E-state index in [9.17, 15) is 4.79 Å². The van der Waals surface area contributed by atoms with Crippen molar-refractivity contribution in [3.05, 3.63) is 0 Å². The molecule has 1 unspecified atom stereocenters. The fourth-order valence-corrected chi connectivity index (χ4v) is 1.53. The Morgan fingerprint density at radius 2 is 2.36 bits per heavy atom. The second kappa shape index (κ2) is 1.96. The highest BCUT2D eigenvalue weighted by molar-refractivity contribution is 6.05. The van der Waals surface area contributed by atoms with E-state index in [1.807, 2.05) is 18.9 Å². The van der Waals surface area contributed by atoms with Gasteiger partial charge in [-0.2, -0.15) is 0 Å². The molecule has 2 aliphatic rings. The van der Waals surface area contributed by atoms with Crippen LogP contribution in [0.1, 0.15) is 6.92 Å². The first-order valence-corrected chi connectivity index (χ1v) is 3.78. The lowest BCUT2D eigenvalue weighted by Crippen LogP contribution is -2.30. The quantitative estimate of drug-likeness (QED) is 0.471. The molecule has 0 bridgehead atoms. The maximum atomic E-state index is 11.2. The van der Waals surface area contributed by atoms with Gasteiger partial charge in [0.1, 0.15) is 0 Å². The van der Waals surface area contributed by atoms with Crippen LogP contribution >= 0.6 is 0 Å². The first-order valence-electron chi connectivity index (χ1n) is 3.78. The van der Waals surface area contributed by atoms with E-state index >= 15 is 0 Å². The summed E-state index contributed by atoms with van der Waals surface area (Å²) in [6, 6.07) is 0.275. The number of guanidine groups is 1. The van der Waals surface area contributed by atoms with Crippen LogP contribution in [0.2, 0.25) is 0 Å². The number of hydrogen-bond acceptors (Lipinski definition) is 3. The van der Waals surface area contributed by atoms with Crippen LogP contribution in [0.25, 0.3) is 0 Å². The Morgan fingerprint density at radius 1 is 1.64 bits per heavy atom. The van der Waals surface area contributed by atoms with Gasteiger partial charge in [-0.3, -0.25) is 9.69 Å². The van der Waals surface area contributed by atoms with Crippen molar-refractivity contribution in [2.75, 3.05) is 20.1 Å². The van der Waals surface area contributed by atoms with Gasteiger partial charge in [-0.1, -0.05) is 0 Å². The van der Waals surface area contributed by atoms with Gasteiger partial charge >= 0.3 is 0 Å². The molecule has 0 N–H and O–H groups in total. The van der Waals surface area contributed by atoms with Crippen LogP contribution < -0.4 is 0 Å². The van der Waals surface area contributed by atoms with Gasteiger partial charge in [0.15, 0.2) is 0 Å². The van der Waals surface area contributed by atoms with Crippen molar-refractivity contribution in [1.29, 1.82) is 0 Å². The number of fused-ring (bicyclic) bond motifs is 1. The molecule has 1 fully saturated rings. The third-order valence-electron chi connectivity index (χ3n) is 2.04. The topological polar surface area (TPSA) is 35.9 Å². The zero-order chi connectivity index (χ0) is 8.01. The van der Waals surface area contributed by atoms with E-state index in [-0.39, 0.29) is 11.9 Å². The average Bonchev–Trinajstić information content (AvgIpc) is 2.38. The fourth-order valence-electron chi connectivity index (χ4n) is 1.53. The number of carbonyl (C=O) groups excluding carboxylic acids is 1. The van der Waals surface area contributed by atoms with Crippen molar-refractivity contribution in [2.24, 2.45) is 4.99 Å². The van der Waals surface area contributed by atoms with Crippen LogP contribution in [-0.2, 0) is 4.79 Å². The summed E-state index contributed by atoms with van der Waals surface area (Å²) in [5.41, 5.74) is 0. The van der Waals surface area contributed by atoms with Crippen LogP contribution in [0.15, 0.2) is 4.99 Å². The fraction of sp³-hybridized carbons (Fsp3) is 0.714. The molecule has 0 aromatic heterocycles. The van der Waals surface area contributed by atoms with Crippen LogP contribution in [0, 0.1) is 0 Å². The number of aliphatic imine (C=N–C) groups is 1. The SMILES string of the molecule is CC1CN2C(=O)CN(C)C2=N1. The molecule has 1 atom stereocenters. The minimum absolute atomic E-state index is 0.176. The molecule has 2 aliphatic heterocycles. The minimum Gasteiger partial charge on any atom is -0.336 e. The predicted octanol–water partition coefficient (Wildman–Crippen LogP) is -0.482. The van der Waals surface area contributed by atoms with Gasteiger partial charge in [-0.05, 0) is 6.92 Å². The molecule has 11 heavy (non-hydrogen) atoms. The Bertz CT molecular complexity index is 236. The number of rotatable bonds is 0. The highest BCUT2D eigenvalue weighted by Gasteiger charge is 2.36. The Morgan fingerprint density at radius 3 is 3.00 bits per heavy atom. The lowest BCUT2D eigenvalue weighted by Gasteiger charge is -2.09. The number of hydrogen-bond donors (Lipinski definition) is 0. The summed E-state index contributed by atoms with van der Waals surface area (Å²) < 4.78 is 0. The van der Waals surface area contributed by atoms with Gasteiger partial charge in [0, 0.05) is 7.05 Å². The second-order valence-corrected chi connectivity index (χ2v) is 3.14. The standard InChI is InChI=1S/C7H11N3O/c1-5-3-10-6(11)4-9(2)7(10)8-5/h5H,3-4H2,1-2H3. The van der Waals surface area contributed by atoms with E-state index in [2.05, 4.69) is 4.99 Å². The smallest absolute Gasteiger partial charge is 0.248 e. The molecule has 0 saturated carbocycles. The molecule has 4 heteroatoms. The molecule has 1 amide bonds. The molecule has 2 heterocycles. The van der Waals surface area contributed by atoms with E-state index in [0.29, 0.717) is 6.54 Å². The highest BCUT2D eigenvalue weighted by atomic mass is 16.2. The molecule has 2 rings (SSSR count). The van der Waals surface area contributed by atoms with Crippen molar-refractivity contribution < 1.29 is 4.79 Å². The van der Waals surface area contributed by atoms with E-state index in [0.717, 1.165) is 12.5 Å². The van der Waals surface area contributed by atoms with Crippen molar-refractivity contribution >= 4 is 11.9 Å². The lowest BCUT2D eigenvalue weighted by molar-refractivity contribution is -0.124. The van der Waals surface area contributed by atoms with Gasteiger partial charge in [0.25, 0.3) is 0 Å². The van der Waals surface area contributed by atoms with Gasteiger partial charge in [-0.15, -0.1) is 0 Å². The summed E-state index contributed by atoms with van der Waals surface area (Å²) in [6.45, 7) is 3.27. The summed E-state index contributed by atoms with van der Waals surface area (Å²) >= 11 is 0. The van der Waals surface area contributed by atoms with Crippen molar-refractivity contribution in [2.45, 2.75) is 13.0 Å². The molecule has 4 nitrogen and oxygen atoms in total. The molecular formula is C7H11N3O. The van der Waals surface area contributed by atoms with Gasteiger partial charge < -0.3 is 4.90 Å². The van der Waals surface area contributed by atoms with E-state index in [4.69, 9.17) is 0 Å². The van der Waals surface area contributed by atoms with Crippen molar-refractivity contribution in [3.8, 4) is 0 Å². The average molecular weight is 153 g/mol. The Kier molecular flexibility index (Phi) is 1.19. The zero-order valence-electron chi connectivity index (χ0n) is 6.74. The summed E-state index contributed by atoms with van der Waals surface area (Å²) in [4.78, 5) is 19.2. The van der Waals surface area contributed by atoms with Gasteiger partial charge in [-0.25, -0.2) is 4.99 Å². The van der Waals surface area contributed by atoms with Crippen LogP contribution in [0.3, 0.4) is 0 Å². The first-order chi connectivity index (χ1) is 5.18. The Balaban J connectivity index is 2.30. The number of nitrogens with zero attached hydrogens (tertiary/aromatic N) is 3. The van der Waals surface area contributed by atoms with Crippen molar-refractivity contribution in [1.82, 2.24) is 9.80 Å². The van der Waals surface area contributed by atoms with Gasteiger partial charge in [0.05, 0.1) is 19.1 Å². The molecule has 0 aromatic rings. The summed E-state index contributed by atoms with van der Waals surface area (Å²) in [5, 5.41) is 0. The molecule has 1 saturated heterocycles. The largest absolute Gasteiger partial charge is 0.336 e. The molecular weight excluding hydrogens is 142 g/mol. The van der Waals surface area contributed by atoms with E-state index in [1.54, 1.807) is 4.90 Å². The van der Waals surface area contributed by atoms with Crippen LogP contribution in [0.4, 0.5) is 0 Å². The molecule has 0 aliphatic carbocycles. The Hall–Kier alpha value is -1.06.